The number of carbonyl (C=O) groups excluding carboxylic acids is 3. The predicted octanol–water partition coefficient (Wildman–Crippen LogP) is 7.35. The standard InChI is InChI=1S/C59H74FN9O6/c1-3-45-48(60)9-6-41-26-44(75-37-73-2)27-51(53(41)45)67-17-12-47-49(34-67)61-57(63-54(47)68-31-38-4-5-39(24-38)32-68)74-36-59(13-14-59)35-65-18-15-58(16-19-65)28-40(29-58)30-64-20-22-66(23-21-64)43-7-8-46-42(25-43)33-69(56(46)72)50-10-11-52(70)62-55(50)71/h6-9,25-27,38-40,50H,3-5,10-24,28-37H2,1-2H3,(H,62,70,71)/t38?,39?,50-/m0/s1. The molecular formula is C59H74FN9O6. The molecule has 0 radical (unpaired) electrons. The molecule has 7 fully saturated rings. The van der Waals surface area contributed by atoms with Crippen molar-refractivity contribution in [1.29, 1.82) is 0 Å². The number of aromatic nitrogens is 2. The number of aryl methyl sites for hydroxylation is 1. The van der Waals surface area contributed by atoms with E-state index in [9.17, 15) is 14.4 Å². The van der Waals surface area contributed by atoms with Gasteiger partial charge in [0.2, 0.25) is 11.8 Å². The number of nitrogens with zero attached hydrogens (tertiary/aromatic N) is 8. The third-order valence-electron chi connectivity index (χ3n) is 19.2. The first-order valence-corrected chi connectivity index (χ1v) is 28.4. The average Bonchev–Trinajstić information content (AvgIpc) is 4.00. The summed E-state index contributed by atoms with van der Waals surface area (Å²) in [5.74, 6) is 3.04. The number of piperazine rings is 1. The number of ether oxygens (including phenoxy) is 3. The number of methoxy groups -OCH3 is 1. The van der Waals surface area contributed by atoms with Crippen molar-refractivity contribution < 1.29 is 33.0 Å². The number of fused-ring (bicyclic) bond motifs is 5. The zero-order chi connectivity index (χ0) is 51.0. The number of rotatable bonds is 15. The normalized spacial score (nSPS) is 25.4. The molecule has 3 aromatic carbocycles. The van der Waals surface area contributed by atoms with Crippen LogP contribution in [0.5, 0.6) is 11.8 Å². The Hall–Kier alpha value is -5.58. The smallest absolute Gasteiger partial charge is 0.318 e. The van der Waals surface area contributed by atoms with Gasteiger partial charge < -0.3 is 38.7 Å². The lowest BCUT2D eigenvalue weighted by Gasteiger charge is -2.54. The van der Waals surface area contributed by atoms with E-state index >= 15 is 4.39 Å². The number of imide groups is 1. The van der Waals surface area contributed by atoms with Gasteiger partial charge in [0.1, 0.15) is 23.4 Å². The Bertz CT molecular complexity index is 2860. The predicted molar refractivity (Wildman–Crippen MR) is 285 cm³/mol. The van der Waals surface area contributed by atoms with Crippen LogP contribution in [0.25, 0.3) is 10.8 Å². The number of piperidine rings is 3. The minimum Gasteiger partial charge on any atom is -0.467 e. The molecule has 3 aliphatic carbocycles. The summed E-state index contributed by atoms with van der Waals surface area (Å²) in [5, 5.41) is 4.29. The van der Waals surface area contributed by atoms with Crippen LogP contribution >= 0.6 is 0 Å². The van der Waals surface area contributed by atoms with Crippen LogP contribution in [0.2, 0.25) is 0 Å². The summed E-state index contributed by atoms with van der Waals surface area (Å²) >= 11 is 0. The first kappa shape index (κ1) is 49.0. The SMILES string of the molecule is CCc1c(F)ccc2cc(OCOC)cc(N3CCc4c(nc(OCC5(CN6CCC7(CC6)CC(CN6CCN(c8ccc9c(c8)CN([C@H]8CCC(=O)NC8=O)C9=O)CC6)C7)CC5)nc4N4CC5CCC(C5)C4)C3)c12. The molecule has 15 nitrogen and oxygen atoms in total. The van der Waals surface area contributed by atoms with E-state index in [2.05, 4.69) is 41.9 Å². The van der Waals surface area contributed by atoms with E-state index in [1.165, 1.54) is 69.9 Å². The minimum absolute atomic E-state index is 0.120. The summed E-state index contributed by atoms with van der Waals surface area (Å²) in [4.78, 5) is 62.4. The number of anilines is 3. The van der Waals surface area contributed by atoms with E-state index in [-0.39, 0.29) is 42.2 Å². The third-order valence-corrected chi connectivity index (χ3v) is 19.2. The average molecular weight is 1020 g/mol. The lowest BCUT2D eigenvalue weighted by molar-refractivity contribution is -0.136. The Morgan fingerprint density at radius 3 is 2.35 bits per heavy atom. The summed E-state index contributed by atoms with van der Waals surface area (Å²) in [6.45, 7) is 15.2. The highest BCUT2D eigenvalue weighted by Crippen LogP contribution is 2.54. The van der Waals surface area contributed by atoms with Crippen LogP contribution in [0, 0.1) is 34.4 Å². The lowest BCUT2D eigenvalue weighted by Crippen LogP contribution is -2.53. The van der Waals surface area contributed by atoms with Crippen LogP contribution < -0.4 is 29.5 Å². The highest BCUT2D eigenvalue weighted by atomic mass is 19.1. The van der Waals surface area contributed by atoms with Crippen molar-refractivity contribution in [2.24, 2.45) is 28.6 Å². The molecule has 1 aromatic heterocycles. The molecule has 4 saturated heterocycles. The summed E-state index contributed by atoms with van der Waals surface area (Å²) in [5.41, 5.74) is 7.33. The number of halogens is 1. The summed E-state index contributed by atoms with van der Waals surface area (Å²) in [6.07, 6.45) is 13.6. The molecule has 7 heterocycles. The van der Waals surface area contributed by atoms with Crippen molar-refractivity contribution in [2.45, 2.75) is 110 Å². The van der Waals surface area contributed by atoms with E-state index in [0.29, 0.717) is 55.3 Å². The fraction of sp³-hybridized carbons (Fsp3) is 0.610. The zero-order valence-corrected chi connectivity index (χ0v) is 44.1. The molecule has 398 valence electrons. The molecule has 3 saturated carbocycles. The minimum atomic E-state index is -0.591. The second-order valence-electron chi connectivity index (χ2n) is 24.2. The van der Waals surface area contributed by atoms with E-state index in [1.807, 2.05) is 31.2 Å². The lowest BCUT2D eigenvalue weighted by atomic mass is 9.57. The molecule has 2 unspecified atom stereocenters. The second kappa shape index (κ2) is 19.8. The van der Waals surface area contributed by atoms with Gasteiger partial charge in [-0.2, -0.15) is 9.97 Å². The van der Waals surface area contributed by atoms with Crippen molar-refractivity contribution in [3.8, 4) is 11.8 Å². The quantitative estimate of drug-likeness (QED) is 0.0941. The molecular weight excluding hydrogens is 950 g/mol. The molecule has 75 heavy (non-hydrogen) atoms. The topological polar surface area (TPSA) is 136 Å². The number of hydrogen-bond acceptors (Lipinski definition) is 13. The van der Waals surface area contributed by atoms with E-state index in [4.69, 9.17) is 24.2 Å². The first-order valence-electron chi connectivity index (χ1n) is 28.4. The first-order chi connectivity index (χ1) is 36.5. The molecule has 1 spiro atoms. The van der Waals surface area contributed by atoms with Gasteiger partial charge >= 0.3 is 6.01 Å². The maximum Gasteiger partial charge on any atom is 0.318 e. The van der Waals surface area contributed by atoms with Gasteiger partial charge in [0.25, 0.3) is 5.91 Å². The fourth-order valence-electron chi connectivity index (χ4n) is 15.0. The van der Waals surface area contributed by atoms with Crippen molar-refractivity contribution in [1.82, 2.24) is 30.0 Å². The van der Waals surface area contributed by atoms with Crippen molar-refractivity contribution in [3.05, 3.63) is 76.2 Å². The summed E-state index contributed by atoms with van der Waals surface area (Å²) in [7, 11) is 1.62. The Morgan fingerprint density at radius 1 is 0.800 bits per heavy atom. The van der Waals surface area contributed by atoms with E-state index in [0.717, 1.165) is 134 Å². The number of carbonyl (C=O) groups is 3. The van der Waals surface area contributed by atoms with Gasteiger partial charge in [-0.05, 0) is 160 Å². The molecule has 6 aliphatic heterocycles. The number of nitrogens with one attached hydrogen (secondary N) is 1. The molecule has 3 atom stereocenters. The zero-order valence-electron chi connectivity index (χ0n) is 44.1. The van der Waals surface area contributed by atoms with Gasteiger partial charge in [-0.15, -0.1) is 0 Å². The van der Waals surface area contributed by atoms with Crippen LogP contribution in [-0.2, 0) is 40.3 Å². The van der Waals surface area contributed by atoms with Crippen LogP contribution in [0.15, 0.2) is 42.5 Å². The largest absolute Gasteiger partial charge is 0.467 e. The number of benzene rings is 3. The monoisotopic (exact) mass is 1020 g/mol. The summed E-state index contributed by atoms with van der Waals surface area (Å²) in [6, 6.07) is 13.5. The number of likely N-dealkylation sites (tertiary alicyclic amines) is 1. The second-order valence-corrected chi connectivity index (χ2v) is 24.2. The Balaban J connectivity index is 0.614. The van der Waals surface area contributed by atoms with E-state index in [1.54, 1.807) is 18.1 Å². The molecule has 16 heteroatoms. The van der Waals surface area contributed by atoms with Gasteiger partial charge in [-0.1, -0.05) is 13.0 Å². The van der Waals surface area contributed by atoms with Crippen molar-refractivity contribution in [2.75, 3.05) is 107 Å². The van der Waals surface area contributed by atoms with Crippen LogP contribution in [0.1, 0.15) is 110 Å². The van der Waals surface area contributed by atoms with Gasteiger partial charge in [0.05, 0.1) is 18.8 Å². The van der Waals surface area contributed by atoms with Gasteiger partial charge in [0, 0.05) is 118 Å². The molecule has 1 N–H and O–H groups in total. The Labute approximate surface area is 440 Å². The van der Waals surface area contributed by atoms with Crippen LogP contribution in [0.3, 0.4) is 0 Å². The third kappa shape index (κ3) is 9.59. The van der Waals surface area contributed by atoms with E-state index < -0.39 is 6.04 Å². The van der Waals surface area contributed by atoms with Crippen molar-refractivity contribution in [3.63, 3.8) is 0 Å². The Morgan fingerprint density at radius 2 is 1.60 bits per heavy atom. The number of amides is 3. The van der Waals surface area contributed by atoms with Gasteiger partial charge in [-0.3, -0.25) is 24.6 Å². The molecule has 9 aliphatic rings. The van der Waals surface area contributed by atoms with Crippen molar-refractivity contribution >= 4 is 45.7 Å². The fourth-order valence-corrected chi connectivity index (χ4v) is 15.0. The van der Waals surface area contributed by atoms with Crippen LogP contribution in [-0.4, -0.2) is 141 Å². The summed E-state index contributed by atoms with van der Waals surface area (Å²) < 4.78 is 33.5. The highest BCUT2D eigenvalue weighted by Gasteiger charge is 2.50. The maximum absolute atomic E-state index is 15.5. The molecule has 13 rings (SSSR count). The number of hydrogen-bond donors (Lipinski definition) is 1. The van der Waals surface area contributed by atoms with Gasteiger partial charge in [0.15, 0.2) is 6.79 Å². The maximum atomic E-state index is 15.5. The molecule has 2 bridgehead atoms. The van der Waals surface area contributed by atoms with Gasteiger partial charge in [-0.25, -0.2) is 4.39 Å². The Kier molecular flexibility index (Phi) is 12.9. The molecule has 3 amide bonds. The highest BCUT2D eigenvalue weighted by molar-refractivity contribution is 6.05. The molecule has 4 aromatic rings. The van der Waals surface area contributed by atoms with Crippen LogP contribution in [0.4, 0.5) is 21.6 Å².